The zero-order valence-corrected chi connectivity index (χ0v) is 20.0. The zero-order chi connectivity index (χ0) is 20.7. The van der Waals surface area contributed by atoms with Crippen LogP contribution in [0.4, 0.5) is 0 Å². The second-order valence-corrected chi connectivity index (χ2v) is 7.96. The number of nitrogens with one attached hydrogen (secondary N) is 1. The summed E-state index contributed by atoms with van der Waals surface area (Å²) in [6.45, 7) is 5.78. The van der Waals surface area contributed by atoms with E-state index in [4.69, 9.17) is 10.00 Å². The maximum Gasteiger partial charge on any atom is 0.152 e. The number of nitrogens with zero attached hydrogens (tertiary/aromatic N) is 2. The maximum absolute atomic E-state index is 8.80. The molecular formula is C25H31Cl2N3O. The fourth-order valence-corrected chi connectivity index (χ4v) is 3.89. The third kappa shape index (κ3) is 6.89. The second kappa shape index (κ2) is 12.6. The summed E-state index contributed by atoms with van der Waals surface area (Å²) in [6.07, 6.45) is 3.61. The molecule has 2 aromatic rings. The highest BCUT2D eigenvalue weighted by Gasteiger charge is 2.24. The lowest BCUT2D eigenvalue weighted by Gasteiger charge is -2.36. The number of piperidine rings is 1. The van der Waals surface area contributed by atoms with Gasteiger partial charge in [0, 0.05) is 30.6 Å². The summed E-state index contributed by atoms with van der Waals surface area (Å²) in [7, 11) is 1.70. The van der Waals surface area contributed by atoms with Gasteiger partial charge in [-0.15, -0.1) is 24.8 Å². The molecule has 1 fully saturated rings. The van der Waals surface area contributed by atoms with E-state index in [0.717, 1.165) is 29.8 Å². The molecule has 2 aromatic carbocycles. The molecule has 1 aliphatic rings. The van der Waals surface area contributed by atoms with Crippen LogP contribution in [0.15, 0.2) is 48.5 Å². The van der Waals surface area contributed by atoms with Crippen LogP contribution in [-0.2, 0) is 12.0 Å². The number of benzene rings is 2. The highest BCUT2D eigenvalue weighted by molar-refractivity contribution is 5.85. The van der Waals surface area contributed by atoms with E-state index >= 15 is 0 Å². The lowest BCUT2D eigenvalue weighted by Crippen LogP contribution is -2.43. The highest BCUT2D eigenvalue weighted by Crippen LogP contribution is 2.31. The van der Waals surface area contributed by atoms with Gasteiger partial charge in [0.1, 0.15) is 5.75 Å². The molecule has 1 unspecified atom stereocenters. The average molecular weight is 460 g/mol. The van der Waals surface area contributed by atoms with Crippen molar-refractivity contribution in [2.24, 2.45) is 0 Å². The monoisotopic (exact) mass is 459 g/mol. The van der Waals surface area contributed by atoms with Crippen molar-refractivity contribution in [3.05, 3.63) is 65.2 Å². The van der Waals surface area contributed by atoms with Gasteiger partial charge in [-0.05, 0) is 49.9 Å². The number of nitriles is 1. The minimum absolute atomic E-state index is 0. The molecule has 0 saturated carbocycles. The Bertz CT molecular complexity index is 929. The van der Waals surface area contributed by atoms with Gasteiger partial charge in [0.25, 0.3) is 0 Å². The average Bonchev–Trinajstić information content (AvgIpc) is 2.77. The smallest absolute Gasteiger partial charge is 0.152 e. The Balaban J connectivity index is 0.00000240. The number of hydrogen-bond donors (Lipinski definition) is 1. The standard InChI is InChI=1S/C25H29N3O.2ClH/c1-25(2,15-9-16-26)22-13-14-24(29-3)21(18-22)19-27-28-17-8-7-12-23(28)20-10-5-4-6-11-20;;/h4-6,10-11,13-14,18,23,27H,7-8,12,17,19H2,1-3H3;2*1H. The molecule has 3 rings (SSSR count). The molecule has 0 amide bonds. The van der Waals surface area contributed by atoms with Crippen LogP contribution >= 0.6 is 24.8 Å². The largest absolute Gasteiger partial charge is 0.496 e. The van der Waals surface area contributed by atoms with Crippen LogP contribution in [-0.4, -0.2) is 18.7 Å². The summed E-state index contributed by atoms with van der Waals surface area (Å²) in [6, 6.07) is 19.2. The predicted octanol–water partition coefficient (Wildman–Crippen LogP) is 5.58. The molecule has 1 atom stereocenters. The first-order chi connectivity index (χ1) is 14.0. The van der Waals surface area contributed by atoms with Gasteiger partial charge in [-0.2, -0.15) is 5.26 Å². The lowest BCUT2D eigenvalue weighted by atomic mass is 9.84. The van der Waals surface area contributed by atoms with Crippen molar-refractivity contribution in [1.82, 2.24) is 10.4 Å². The number of rotatable bonds is 6. The molecule has 0 aromatic heterocycles. The van der Waals surface area contributed by atoms with Crippen molar-refractivity contribution in [1.29, 1.82) is 5.26 Å². The van der Waals surface area contributed by atoms with E-state index in [1.165, 1.54) is 18.4 Å². The Labute approximate surface area is 198 Å². The molecule has 0 radical (unpaired) electrons. The topological polar surface area (TPSA) is 48.3 Å². The van der Waals surface area contributed by atoms with Crippen molar-refractivity contribution < 1.29 is 4.74 Å². The van der Waals surface area contributed by atoms with Gasteiger partial charge in [-0.1, -0.05) is 48.7 Å². The van der Waals surface area contributed by atoms with E-state index < -0.39 is 5.41 Å². The van der Waals surface area contributed by atoms with Crippen LogP contribution in [0.2, 0.25) is 0 Å². The van der Waals surface area contributed by atoms with Crippen LogP contribution < -0.4 is 10.2 Å². The van der Waals surface area contributed by atoms with E-state index in [-0.39, 0.29) is 24.8 Å². The van der Waals surface area contributed by atoms with Crippen LogP contribution in [0.1, 0.15) is 55.8 Å². The normalized spacial score (nSPS) is 16.0. The summed E-state index contributed by atoms with van der Waals surface area (Å²) in [5, 5.41) is 11.2. The molecule has 1 heterocycles. The van der Waals surface area contributed by atoms with Crippen LogP contribution in [0.3, 0.4) is 0 Å². The molecule has 1 N–H and O–H groups in total. The molecule has 0 bridgehead atoms. The van der Waals surface area contributed by atoms with E-state index in [1.807, 2.05) is 32.0 Å². The Morgan fingerprint density at radius 2 is 1.87 bits per heavy atom. The highest BCUT2D eigenvalue weighted by atomic mass is 35.5. The molecular weight excluding hydrogens is 429 g/mol. The summed E-state index contributed by atoms with van der Waals surface area (Å²) in [4.78, 5) is 0. The molecule has 4 nitrogen and oxygen atoms in total. The summed E-state index contributed by atoms with van der Waals surface area (Å²) in [5.41, 5.74) is 6.78. The predicted molar refractivity (Wildman–Crippen MR) is 130 cm³/mol. The first-order valence-electron chi connectivity index (χ1n) is 10.2. The lowest BCUT2D eigenvalue weighted by molar-refractivity contribution is 0.0821. The van der Waals surface area contributed by atoms with Crippen molar-refractivity contribution in [3.8, 4) is 23.7 Å². The Kier molecular flexibility index (Phi) is 10.9. The number of methoxy groups -OCH3 is 1. The van der Waals surface area contributed by atoms with Crippen molar-refractivity contribution in [2.45, 2.75) is 51.1 Å². The van der Waals surface area contributed by atoms with Crippen molar-refractivity contribution >= 4 is 24.8 Å². The van der Waals surface area contributed by atoms with Crippen molar-refractivity contribution in [3.63, 3.8) is 0 Å². The molecule has 0 aliphatic carbocycles. The quantitative estimate of drug-likeness (QED) is 0.573. The SMILES string of the molecule is COc1ccc(C(C)(C)C#CC#N)cc1CNN1CCCCC1c1ccccc1.Cl.Cl. The van der Waals surface area contributed by atoms with Crippen LogP contribution in [0, 0.1) is 23.2 Å². The fraction of sp³-hybridized carbons (Fsp3) is 0.400. The molecule has 31 heavy (non-hydrogen) atoms. The number of ether oxygens (including phenoxy) is 1. The molecule has 0 spiro atoms. The van der Waals surface area contributed by atoms with Gasteiger partial charge in [0.2, 0.25) is 0 Å². The second-order valence-electron chi connectivity index (χ2n) is 7.96. The Morgan fingerprint density at radius 1 is 1.13 bits per heavy atom. The maximum atomic E-state index is 8.80. The number of halogens is 2. The number of hydrazine groups is 1. The molecule has 1 saturated heterocycles. The zero-order valence-electron chi connectivity index (χ0n) is 18.4. The Morgan fingerprint density at radius 3 is 2.55 bits per heavy atom. The summed E-state index contributed by atoms with van der Waals surface area (Å²) in [5.74, 6) is 6.44. The van der Waals surface area contributed by atoms with Gasteiger partial charge in [-0.3, -0.25) is 5.43 Å². The molecule has 1 aliphatic heterocycles. The van der Waals surface area contributed by atoms with Gasteiger partial charge in [0.15, 0.2) is 6.07 Å². The van der Waals surface area contributed by atoms with E-state index in [9.17, 15) is 0 Å². The minimum atomic E-state index is -0.394. The van der Waals surface area contributed by atoms with E-state index in [0.29, 0.717) is 12.6 Å². The third-order valence-electron chi connectivity index (χ3n) is 5.59. The fourth-order valence-electron chi connectivity index (χ4n) is 3.89. The van der Waals surface area contributed by atoms with Gasteiger partial charge >= 0.3 is 0 Å². The first-order valence-corrected chi connectivity index (χ1v) is 10.2. The Hall–Kier alpha value is -2.21. The molecule has 6 heteroatoms. The van der Waals surface area contributed by atoms with Crippen LogP contribution in [0.25, 0.3) is 0 Å². The first kappa shape index (κ1) is 26.8. The van der Waals surface area contributed by atoms with Gasteiger partial charge in [0.05, 0.1) is 12.5 Å². The van der Waals surface area contributed by atoms with Gasteiger partial charge in [-0.25, -0.2) is 5.01 Å². The van der Waals surface area contributed by atoms with E-state index in [2.05, 4.69) is 58.7 Å². The summed E-state index contributed by atoms with van der Waals surface area (Å²) >= 11 is 0. The third-order valence-corrected chi connectivity index (χ3v) is 5.59. The minimum Gasteiger partial charge on any atom is -0.496 e. The van der Waals surface area contributed by atoms with E-state index in [1.54, 1.807) is 7.11 Å². The molecule has 166 valence electrons. The summed E-state index contributed by atoms with van der Waals surface area (Å²) < 4.78 is 5.60. The number of hydrogen-bond acceptors (Lipinski definition) is 4. The van der Waals surface area contributed by atoms with Gasteiger partial charge < -0.3 is 4.74 Å². The van der Waals surface area contributed by atoms with Crippen LogP contribution in [0.5, 0.6) is 5.75 Å². The van der Waals surface area contributed by atoms with Crippen molar-refractivity contribution in [2.75, 3.05) is 13.7 Å².